The minimum Gasteiger partial charge on any atom is -0.381 e. The van der Waals surface area contributed by atoms with Gasteiger partial charge in [0.15, 0.2) is 5.96 Å². The molecule has 2 saturated heterocycles. The van der Waals surface area contributed by atoms with Gasteiger partial charge in [0.1, 0.15) is 0 Å². The summed E-state index contributed by atoms with van der Waals surface area (Å²) in [6.45, 7) is 13.8. The highest BCUT2D eigenvalue weighted by atomic mass is 16.5. The number of likely N-dealkylation sites (tertiary alicyclic amines) is 1. The van der Waals surface area contributed by atoms with Crippen molar-refractivity contribution in [3.63, 3.8) is 0 Å². The predicted octanol–water partition coefficient (Wildman–Crippen LogP) is 1.44. The highest BCUT2D eigenvalue weighted by molar-refractivity contribution is 5.86. The van der Waals surface area contributed by atoms with Crippen LogP contribution in [0.25, 0.3) is 0 Å². The summed E-state index contributed by atoms with van der Waals surface area (Å²) in [5, 5.41) is 6.36. The fourth-order valence-corrected chi connectivity index (χ4v) is 3.96. The quantitative estimate of drug-likeness (QED) is 0.538. The van der Waals surface area contributed by atoms with Gasteiger partial charge in [0.2, 0.25) is 5.91 Å². The predicted molar refractivity (Wildman–Crippen MR) is 110 cm³/mol. The lowest BCUT2D eigenvalue weighted by Crippen LogP contribution is -2.54. The SMILES string of the molecule is CCNC(=NCC1(N2CCCC2)CCOCC1)N(C)CC(=O)NC(C)(C)C. The number of amides is 1. The molecule has 2 rings (SSSR count). The summed E-state index contributed by atoms with van der Waals surface area (Å²) in [6.07, 6.45) is 4.62. The zero-order valence-corrected chi connectivity index (χ0v) is 17.9. The number of aliphatic imine (C=N–C) groups is 1. The lowest BCUT2D eigenvalue weighted by Gasteiger charge is -2.43. The molecule has 0 aromatic heterocycles. The van der Waals surface area contributed by atoms with E-state index in [9.17, 15) is 4.79 Å². The molecule has 0 spiro atoms. The van der Waals surface area contributed by atoms with E-state index >= 15 is 0 Å². The van der Waals surface area contributed by atoms with Crippen molar-refractivity contribution in [1.29, 1.82) is 0 Å². The number of hydrogen-bond acceptors (Lipinski definition) is 4. The van der Waals surface area contributed by atoms with Gasteiger partial charge in [0.25, 0.3) is 0 Å². The largest absolute Gasteiger partial charge is 0.381 e. The van der Waals surface area contributed by atoms with Gasteiger partial charge in [0.05, 0.1) is 13.1 Å². The standard InChI is InChI=1S/C20H39N5O2/c1-6-21-18(24(5)15-17(26)23-19(2,3)4)22-16-20(9-13-27-14-10-20)25-11-7-8-12-25/h6-16H2,1-5H3,(H,21,22)(H,23,26). The Morgan fingerprint density at radius 1 is 1.22 bits per heavy atom. The van der Waals surface area contributed by atoms with Gasteiger partial charge in [-0.1, -0.05) is 0 Å². The molecule has 0 bridgehead atoms. The third-order valence-corrected chi connectivity index (χ3v) is 5.32. The molecule has 156 valence electrons. The summed E-state index contributed by atoms with van der Waals surface area (Å²) >= 11 is 0. The third-order valence-electron chi connectivity index (χ3n) is 5.32. The second-order valence-electron chi connectivity index (χ2n) is 8.86. The first-order chi connectivity index (χ1) is 12.8. The van der Waals surface area contributed by atoms with Crippen molar-refractivity contribution in [2.75, 3.05) is 53.0 Å². The molecule has 0 aromatic carbocycles. The van der Waals surface area contributed by atoms with Crippen LogP contribution in [-0.4, -0.2) is 85.7 Å². The normalized spacial score (nSPS) is 21.1. The Balaban J connectivity index is 2.06. The summed E-state index contributed by atoms with van der Waals surface area (Å²) in [5.41, 5.74) is -0.126. The minimum absolute atomic E-state index is 0.0101. The van der Waals surface area contributed by atoms with Crippen molar-refractivity contribution in [2.24, 2.45) is 4.99 Å². The number of nitrogens with zero attached hydrogens (tertiary/aromatic N) is 3. The van der Waals surface area contributed by atoms with Crippen molar-refractivity contribution in [3.8, 4) is 0 Å². The van der Waals surface area contributed by atoms with Gasteiger partial charge in [0, 0.05) is 37.9 Å². The summed E-state index contributed by atoms with van der Waals surface area (Å²) in [4.78, 5) is 21.8. The average Bonchev–Trinajstić information content (AvgIpc) is 3.13. The van der Waals surface area contributed by atoms with Gasteiger partial charge >= 0.3 is 0 Å². The first kappa shape index (κ1) is 22.0. The Bertz CT molecular complexity index is 503. The number of guanidine groups is 1. The van der Waals surface area contributed by atoms with Gasteiger partial charge in [-0.15, -0.1) is 0 Å². The molecule has 27 heavy (non-hydrogen) atoms. The maximum atomic E-state index is 12.3. The Morgan fingerprint density at radius 3 is 2.41 bits per heavy atom. The van der Waals surface area contributed by atoms with Crippen LogP contribution in [0, 0.1) is 0 Å². The van der Waals surface area contributed by atoms with E-state index in [1.54, 1.807) is 0 Å². The van der Waals surface area contributed by atoms with E-state index in [0.29, 0.717) is 6.54 Å². The summed E-state index contributed by atoms with van der Waals surface area (Å²) in [5.74, 6) is 0.808. The summed E-state index contributed by atoms with van der Waals surface area (Å²) in [6, 6.07) is 0. The van der Waals surface area contributed by atoms with Crippen LogP contribution in [0.1, 0.15) is 53.4 Å². The van der Waals surface area contributed by atoms with E-state index in [0.717, 1.165) is 58.2 Å². The first-order valence-electron chi connectivity index (χ1n) is 10.4. The molecule has 7 nitrogen and oxygen atoms in total. The van der Waals surface area contributed by atoms with Crippen molar-refractivity contribution in [1.82, 2.24) is 20.4 Å². The number of rotatable bonds is 6. The Hall–Kier alpha value is -1.34. The average molecular weight is 382 g/mol. The van der Waals surface area contributed by atoms with Crippen LogP contribution < -0.4 is 10.6 Å². The Labute approximate surface area is 164 Å². The molecule has 2 aliphatic rings. The number of nitrogens with one attached hydrogen (secondary N) is 2. The molecule has 0 atom stereocenters. The molecule has 0 radical (unpaired) electrons. The van der Waals surface area contributed by atoms with Crippen molar-refractivity contribution >= 4 is 11.9 Å². The Morgan fingerprint density at radius 2 is 1.85 bits per heavy atom. The van der Waals surface area contributed by atoms with Crippen LogP contribution >= 0.6 is 0 Å². The summed E-state index contributed by atoms with van der Waals surface area (Å²) in [7, 11) is 1.93. The van der Waals surface area contributed by atoms with Crippen LogP contribution in [0.15, 0.2) is 4.99 Å². The van der Waals surface area contributed by atoms with Crippen molar-refractivity contribution in [2.45, 2.75) is 64.5 Å². The number of likely N-dealkylation sites (N-methyl/N-ethyl adjacent to an activating group) is 1. The number of carbonyl (C=O) groups excluding carboxylic acids is 1. The number of hydrogen-bond donors (Lipinski definition) is 2. The smallest absolute Gasteiger partial charge is 0.240 e. The molecule has 0 saturated carbocycles. The second kappa shape index (κ2) is 9.73. The van der Waals surface area contributed by atoms with E-state index in [-0.39, 0.29) is 17.0 Å². The first-order valence-corrected chi connectivity index (χ1v) is 10.4. The monoisotopic (exact) mass is 381 g/mol. The molecular formula is C20H39N5O2. The fraction of sp³-hybridized carbons (Fsp3) is 0.900. The molecule has 2 N–H and O–H groups in total. The lowest BCUT2D eigenvalue weighted by molar-refractivity contribution is -0.122. The molecule has 0 unspecified atom stereocenters. The van der Waals surface area contributed by atoms with E-state index in [4.69, 9.17) is 9.73 Å². The van der Waals surface area contributed by atoms with Crippen LogP contribution in [0.4, 0.5) is 0 Å². The van der Waals surface area contributed by atoms with Crippen LogP contribution in [-0.2, 0) is 9.53 Å². The molecule has 1 amide bonds. The van der Waals surface area contributed by atoms with Gasteiger partial charge in [-0.25, -0.2) is 0 Å². The number of carbonyl (C=O) groups is 1. The van der Waals surface area contributed by atoms with Crippen LogP contribution in [0.5, 0.6) is 0 Å². The van der Waals surface area contributed by atoms with Crippen molar-refractivity contribution in [3.05, 3.63) is 0 Å². The zero-order valence-electron chi connectivity index (χ0n) is 17.9. The van der Waals surface area contributed by atoms with Gasteiger partial charge < -0.3 is 20.3 Å². The van der Waals surface area contributed by atoms with Crippen molar-refractivity contribution < 1.29 is 9.53 Å². The molecule has 2 fully saturated rings. The van der Waals surface area contributed by atoms with Crippen LogP contribution in [0.3, 0.4) is 0 Å². The highest BCUT2D eigenvalue weighted by Gasteiger charge is 2.39. The molecular weight excluding hydrogens is 342 g/mol. The fourth-order valence-electron chi connectivity index (χ4n) is 3.96. The van der Waals surface area contributed by atoms with Gasteiger partial charge in [-0.2, -0.15) is 0 Å². The number of ether oxygens (including phenoxy) is 1. The van der Waals surface area contributed by atoms with Gasteiger partial charge in [-0.3, -0.25) is 14.7 Å². The lowest BCUT2D eigenvalue weighted by atomic mass is 9.88. The molecule has 0 aromatic rings. The van der Waals surface area contributed by atoms with E-state index in [1.165, 1.54) is 12.8 Å². The molecule has 7 heteroatoms. The van der Waals surface area contributed by atoms with E-state index in [2.05, 4.69) is 22.5 Å². The topological polar surface area (TPSA) is 69.2 Å². The van der Waals surface area contributed by atoms with Crippen LogP contribution in [0.2, 0.25) is 0 Å². The third kappa shape index (κ3) is 6.64. The summed E-state index contributed by atoms with van der Waals surface area (Å²) < 4.78 is 5.63. The molecule has 2 heterocycles. The molecule has 2 aliphatic heterocycles. The second-order valence-corrected chi connectivity index (χ2v) is 8.86. The maximum absolute atomic E-state index is 12.3. The zero-order chi connectivity index (χ0) is 19.9. The maximum Gasteiger partial charge on any atom is 0.240 e. The highest BCUT2D eigenvalue weighted by Crippen LogP contribution is 2.31. The van der Waals surface area contributed by atoms with Gasteiger partial charge in [-0.05, 0) is 66.5 Å². The minimum atomic E-state index is -0.227. The van der Waals surface area contributed by atoms with E-state index < -0.39 is 0 Å². The Kier molecular flexibility index (Phi) is 7.91. The van der Waals surface area contributed by atoms with E-state index in [1.807, 2.05) is 32.7 Å². The molecule has 0 aliphatic carbocycles.